The predicted molar refractivity (Wildman–Crippen MR) is 343 cm³/mol. The fourth-order valence-corrected chi connectivity index (χ4v) is 12.0. The van der Waals surface area contributed by atoms with Crippen LogP contribution in [0.25, 0.3) is 0 Å². The van der Waals surface area contributed by atoms with E-state index in [2.05, 4.69) is 10.6 Å². The molecule has 1 rings (SSSR count). The molecule has 1 saturated heterocycles. The van der Waals surface area contributed by atoms with Crippen molar-refractivity contribution in [3.05, 3.63) is 12.2 Å². The number of rotatable bonds is 17. The van der Waals surface area contributed by atoms with Crippen LogP contribution >= 0.6 is 0 Å². The summed E-state index contributed by atoms with van der Waals surface area (Å²) in [6, 6.07) is -10.0. The topological polar surface area (TPSA) is 272 Å². The van der Waals surface area contributed by atoms with E-state index < -0.39 is 156 Å². The number of carbonyl (C=O) groups is 11. The minimum Gasteiger partial charge on any atom is -0.396 e. The Balaban J connectivity index is 4.37. The molecule has 21 heteroatoms. The molecule has 21 nitrogen and oxygen atoms in total. The molecule has 0 radical (unpaired) electrons. The van der Waals surface area contributed by atoms with Gasteiger partial charge in [-0.1, -0.05) is 123 Å². The van der Waals surface area contributed by atoms with Crippen molar-refractivity contribution in [3.8, 4) is 0 Å². The number of aliphatic hydroxyl groups excluding tert-OH is 2. The van der Waals surface area contributed by atoms with Crippen molar-refractivity contribution in [1.29, 1.82) is 0 Å². The third kappa shape index (κ3) is 22.4. The number of hydrogen-bond donors (Lipinski definition) is 4. The number of hydrogen-bond acceptors (Lipinski definition) is 13. The molecule has 8 amide bonds. The lowest BCUT2D eigenvalue weighted by atomic mass is 9.83. The second kappa shape index (κ2) is 36.9. The number of aliphatic hydroxyl groups is 2. The zero-order valence-electron chi connectivity index (χ0n) is 58.3. The Bertz CT molecular complexity index is 2390. The number of Topliss-reactive ketones (excluding diaryl/α,β-unsaturated/α-hetero) is 3. The van der Waals surface area contributed by atoms with Crippen molar-refractivity contribution in [2.24, 2.45) is 65.1 Å². The Morgan fingerprint density at radius 1 is 0.511 bits per heavy atom. The Morgan fingerprint density at radius 2 is 1.00 bits per heavy atom. The summed E-state index contributed by atoms with van der Waals surface area (Å²) in [5.41, 5.74) is 0. The quantitative estimate of drug-likeness (QED) is 0.118. The summed E-state index contributed by atoms with van der Waals surface area (Å²) in [6.45, 7) is 31.2. The standard InChI is InChI=1S/C67H118N8O13/c1-25-27-28-42(13)32-44(15)59(80)58-61(82)68-49(26-2)65(86)70(19)47(18)63(84)74(23)57(46(17)36-76)55(79)35-48(40(9)10)64(85)71(20)50(29-37(3)4)54(78)33-43(14)53(77)34-45(16)62(83)73(22)52(31-39(7)8)66(87)72(21)51(30-38(5)6)60(81)69-56(41(11)12)67(88)75(58)24/h25,27,37-52,56-59,76,80H,26,28-36H2,1-24H3,(H,68,82)(H,69,81)/b27-25+/t42-,43-,44?,45+,46-,47-,48+,49+,50+,51+,52+,56+,57+,58+,59-/m1/s1. The molecule has 0 bridgehead atoms. The third-order valence-electron chi connectivity index (χ3n) is 18.0. The summed E-state index contributed by atoms with van der Waals surface area (Å²) in [4.78, 5) is 169. The van der Waals surface area contributed by atoms with Crippen LogP contribution in [0.3, 0.4) is 0 Å². The van der Waals surface area contributed by atoms with Crippen LogP contribution in [0.2, 0.25) is 0 Å². The van der Waals surface area contributed by atoms with E-state index in [1.54, 1.807) is 62.3 Å². The van der Waals surface area contributed by atoms with Crippen molar-refractivity contribution >= 4 is 64.6 Å². The van der Waals surface area contributed by atoms with Crippen molar-refractivity contribution in [3.63, 3.8) is 0 Å². The summed E-state index contributed by atoms with van der Waals surface area (Å²) in [5, 5.41) is 28.5. The molecule has 1 aliphatic heterocycles. The predicted octanol–water partition coefficient (Wildman–Crippen LogP) is 6.20. The van der Waals surface area contributed by atoms with E-state index in [1.807, 2.05) is 67.5 Å². The van der Waals surface area contributed by atoms with Gasteiger partial charge in [0, 0.05) is 91.8 Å². The highest BCUT2D eigenvalue weighted by Gasteiger charge is 2.45. The lowest BCUT2D eigenvalue weighted by Crippen LogP contribution is -2.63. The molecule has 4 N–H and O–H groups in total. The van der Waals surface area contributed by atoms with E-state index in [1.165, 1.54) is 63.9 Å². The first-order chi connectivity index (χ1) is 40.7. The SMILES string of the molecule is C/C=C/C[C@@H](C)CC(C)[C@@H](O)[C@H]1C(=O)N[C@@H](CC)C(=O)N(C)[C@H](C)C(=O)N(C)[C@@H]([C@H](C)CO)C(=O)C[C@@H](C(C)C)C(=O)N(C)[C@@H](CC(C)C)C(=O)C[C@@H](C)C(=O)C[C@H](C)C(=O)N(C)[C@@H](CC(C)C)C(=O)N(C)[C@@H](CC(C)C)C(=O)N[C@@H](C(C)C)C(=O)N1C. The van der Waals surface area contributed by atoms with E-state index in [0.717, 1.165) is 14.7 Å². The molecule has 1 unspecified atom stereocenters. The number of nitrogens with zero attached hydrogens (tertiary/aromatic N) is 6. The number of ketones is 3. The van der Waals surface area contributed by atoms with Gasteiger partial charge >= 0.3 is 0 Å². The number of amides is 8. The van der Waals surface area contributed by atoms with Gasteiger partial charge in [0.1, 0.15) is 42.0 Å². The Kier molecular flexibility index (Phi) is 33.8. The maximum absolute atomic E-state index is 15.1. The van der Waals surface area contributed by atoms with Crippen LogP contribution in [-0.4, -0.2) is 208 Å². The van der Waals surface area contributed by atoms with Gasteiger partial charge in [0.25, 0.3) is 0 Å². The molecule has 0 spiro atoms. The molecule has 0 aromatic carbocycles. The zero-order chi connectivity index (χ0) is 68.3. The summed E-state index contributed by atoms with van der Waals surface area (Å²) in [6.07, 6.45) is 3.19. The molecule has 15 atom stereocenters. The third-order valence-corrected chi connectivity index (χ3v) is 18.0. The first-order valence-corrected chi connectivity index (χ1v) is 32.4. The largest absolute Gasteiger partial charge is 0.396 e. The van der Waals surface area contributed by atoms with E-state index in [9.17, 15) is 58.2 Å². The molecule has 0 saturated carbocycles. The van der Waals surface area contributed by atoms with Crippen molar-refractivity contribution in [2.45, 2.75) is 237 Å². The summed E-state index contributed by atoms with van der Waals surface area (Å²) < 4.78 is 0. The van der Waals surface area contributed by atoms with Crippen LogP contribution in [0.4, 0.5) is 0 Å². The van der Waals surface area contributed by atoms with Gasteiger partial charge in [-0.05, 0) is 93.8 Å². The highest BCUT2D eigenvalue weighted by Crippen LogP contribution is 2.29. The molecule has 0 aliphatic carbocycles. The van der Waals surface area contributed by atoms with Crippen LogP contribution in [0.15, 0.2) is 12.2 Å². The number of allylic oxidation sites excluding steroid dienone is 2. The van der Waals surface area contributed by atoms with Crippen LogP contribution in [-0.2, 0) is 52.7 Å². The zero-order valence-corrected chi connectivity index (χ0v) is 58.3. The molecule has 1 fully saturated rings. The van der Waals surface area contributed by atoms with Crippen LogP contribution < -0.4 is 10.6 Å². The van der Waals surface area contributed by atoms with Gasteiger partial charge in [-0.15, -0.1) is 0 Å². The normalized spacial score (nSPS) is 28.1. The number of carbonyl (C=O) groups excluding carboxylic acids is 11. The smallest absolute Gasteiger partial charge is 0.246 e. The maximum Gasteiger partial charge on any atom is 0.246 e. The highest BCUT2D eigenvalue weighted by molar-refractivity contribution is 6.00. The minimum absolute atomic E-state index is 0.000266. The number of likely N-dealkylation sites (N-methyl/N-ethyl adjacent to an activating group) is 6. The Morgan fingerprint density at radius 3 is 1.49 bits per heavy atom. The van der Waals surface area contributed by atoms with E-state index >= 15 is 4.79 Å². The first-order valence-electron chi connectivity index (χ1n) is 32.4. The Labute approximate surface area is 528 Å². The van der Waals surface area contributed by atoms with Crippen molar-refractivity contribution in [1.82, 2.24) is 40.0 Å². The molecule has 1 aliphatic rings. The summed E-state index contributed by atoms with van der Waals surface area (Å²) in [5.74, 6) is -12.2. The van der Waals surface area contributed by atoms with Gasteiger partial charge in [-0.3, -0.25) is 52.7 Å². The van der Waals surface area contributed by atoms with Crippen LogP contribution in [0.5, 0.6) is 0 Å². The molecule has 88 heavy (non-hydrogen) atoms. The second-order valence-electron chi connectivity index (χ2n) is 27.8. The first kappa shape index (κ1) is 80.4. The average Bonchev–Trinajstić information content (AvgIpc) is 1.95. The van der Waals surface area contributed by atoms with E-state index in [0.29, 0.717) is 12.8 Å². The van der Waals surface area contributed by atoms with Gasteiger partial charge in [-0.25, -0.2) is 0 Å². The fourth-order valence-electron chi connectivity index (χ4n) is 12.0. The molecular formula is C67H118N8O13. The molecule has 504 valence electrons. The lowest BCUT2D eigenvalue weighted by molar-refractivity contribution is -0.152. The maximum atomic E-state index is 15.1. The Hall–Kier alpha value is -5.57. The van der Waals surface area contributed by atoms with Crippen molar-refractivity contribution < 1.29 is 63.0 Å². The van der Waals surface area contributed by atoms with E-state index in [-0.39, 0.29) is 80.2 Å². The second-order valence-corrected chi connectivity index (χ2v) is 27.8. The summed E-state index contributed by atoms with van der Waals surface area (Å²) in [7, 11) is 8.54. The highest BCUT2D eigenvalue weighted by atomic mass is 16.3. The van der Waals surface area contributed by atoms with Gasteiger partial charge in [0.2, 0.25) is 47.3 Å². The molecule has 0 aromatic rings. The lowest BCUT2D eigenvalue weighted by Gasteiger charge is -2.39. The van der Waals surface area contributed by atoms with Gasteiger partial charge in [0.15, 0.2) is 11.6 Å². The fraction of sp³-hybridized carbons (Fsp3) is 0.806. The molecular weight excluding hydrogens is 1120 g/mol. The van der Waals surface area contributed by atoms with Gasteiger partial charge < -0.3 is 50.2 Å². The van der Waals surface area contributed by atoms with Gasteiger partial charge in [0.05, 0.1) is 18.2 Å². The summed E-state index contributed by atoms with van der Waals surface area (Å²) >= 11 is 0. The van der Waals surface area contributed by atoms with Crippen molar-refractivity contribution in [2.75, 3.05) is 48.9 Å². The number of nitrogens with one attached hydrogen (secondary N) is 2. The van der Waals surface area contributed by atoms with E-state index in [4.69, 9.17) is 0 Å². The van der Waals surface area contributed by atoms with Crippen LogP contribution in [0, 0.1) is 65.1 Å². The molecule has 1 heterocycles. The average molecular weight is 1240 g/mol. The van der Waals surface area contributed by atoms with Crippen LogP contribution in [0.1, 0.15) is 182 Å². The minimum atomic E-state index is -1.62. The molecule has 0 aromatic heterocycles. The monoisotopic (exact) mass is 1240 g/mol. The van der Waals surface area contributed by atoms with Gasteiger partial charge in [-0.2, -0.15) is 0 Å².